The van der Waals surface area contributed by atoms with Crippen molar-refractivity contribution in [3.63, 3.8) is 0 Å². The van der Waals surface area contributed by atoms with Crippen LogP contribution in [0.1, 0.15) is 17.0 Å². The van der Waals surface area contributed by atoms with Gasteiger partial charge in [-0.3, -0.25) is 4.79 Å². The number of para-hydroxylation sites is 1. The van der Waals surface area contributed by atoms with Crippen molar-refractivity contribution in [2.24, 2.45) is 5.10 Å². The number of allylic oxidation sites excluding steroid dienone is 1. The van der Waals surface area contributed by atoms with Crippen LogP contribution in [0.4, 0.5) is 5.69 Å². The number of carbonyl (C=O) groups excluding carboxylic acids is 1. The summed E-state index contributed by atoms with van der Waals surface area (Å²) in [5.74, 6) is 1.32. The van der Waals surface area contributed by atoms with Gasteiger partial charge in [0.25, 0.3) is 5.91 Å². The maximum Gasteiger partial charge on any atom is 0.250 e. The van der Waals surface area contributed by atoms with E-state index in [2.05, 4.69) is 71.1 Å². The molecule has 0 unspecified atom stereocenters. The molecule has 0 atom stereocenters. The molecule has 0 saturated carbocycles. The zero-order chi connectivity index (χ0) is 27.5. The van der Waals surface area contributed by atoms with Gasteiger partial charge >= 0.3 is 0 Å². The molecule has 1 heterocycles. The first kappa shape index (κ1) is 28.8. The van der Waals surface area contributed by atoms with Crippen LogP contribution in [-0.2, 0) is 24.5 Å². The summed E-state index contributed by atoms with van der Waals surface area (Å²) in [4.78, 5) is 12.5. The van der Waals surface area contributed by atoms with Crippen molar-refractivity contribution in [3.05, 3.63) is 110 Å². The van der Waals surface area contributed by atoms with E-state index in [-0.39, 0.29) is 11.7 Å². The van der Waals surface area contributed by atoms with Gasteiger partial charge in [-0.15, -0.1) is 16.8 Å². The van der Waals surface area contributed by atoms with Gasteiger partial charge in [0, 0.05) is 25.8 Å². The smallest absolute Gasteiger partial charge is 0.250 e. The quantitative estimate of drug-likeness (QED) is 0.0558. The molecule has 0 aliphatic carbocycles. The molecule has 0 spiro atoms. The number of amides is 1. The van der Waals surface area contributed by atoms with Gasteiger partial charge in [-0.25, -0.2) is 5.43 Å². The molecule has 0 saturated heterocycles. The average Bonchev–Trinajstić information content (AvgIpc) is 3.32. The molecule has 0 bridgehead atoms. The summed E-state index contributed by atoms with van der Waals surface area (Å²) in [5, 5.41) is 16.7. The van der Waals surface area contributed by atoms with Crippen molar-refractivity contribution in [1.82, 2.24) is 20.2 Å². The molecular weight excluding hydrogens is 691 g/mol. The van der Waals surface area contributed by atoms with E-state index in [1.807, 2.05) is 77.4 Å². The molecule has 0 aliphatic heterocycles. The SMILES string of the molecule is C=CCn1c(CNc2ccc(I)cc2)nnc1SCC(=O)NN=Cc1ccccc1OCc1cccc(Br)c1. The summed E-state index contributed by atoms with van der Waals surface area (Å²) in [6, 6.07) is 23.6. The van der Waals surface area contributed by atoms with Crippen molar-refractivity contribution in [1.29, 1.82) is 0 Å². The van der Waals surface area contributed by atoms with Crippen LogP contribution in [0.5, 0.6) is 5.75 Å². The molecule has 0 radical (unpaired) electrons. The Morgan fingerprint density at radius 1 is 1.13 bits per heavy atom. The number of ether oxygens (including phenoxy) is 1. The van der Waals surface area contributed by atoms with Gasteiger partial charge in [-0.05, 0) is 76.7 Å². The van der Waals surface area contributed by atoms with Crippen molar-refractivity contribution in [2.45, 2.75) is 24.9 Å². The number of nitrogens with zero attached hydrogens (tertiary/aromatic N) is 4. The van der Waals surface area contributed by atoms with E-state index in [1.165, 1.54) is 15.3 Å². The molecule has 2 N–H and O–H groups in total. The number of hydrazone groups is 1. The second-order valence-electron chi connectivity index (χ2n) is 8.20. The van der Waals surface area contributed by atoms with Gasteiger partial charge in [0.2, 0.25) is 0 Å². The summed E-state index contributed by atoms with van der Waals surface area (Å²) >= 11 is 7.04. The van der Waals surface area contributed by atoms with Gasteiger partial charge in [0.15, 0.2) is 11.0 Å². The number of aromatic nitrogens is 3. The van der Waals surface area contributed by atoms with E-state index in [9.17, 15) is 4.79 Å². The Bertz CT molecular complexity index is 1440. The Hall–Kier alpha value is -3.16. The van der Waals surface area contributed by atoms with E-state index in [4.69, 9.17) is 4.74 Å². The lowest BCUT2D eigenvalue weighted by molar-refractivity contribution is -0.118. The maximum absolute atomic E-state index is 12.5. The third-order valence-electron chi connectivity index (χ3n) is 5.33. The molecular formula is C28H26BrIN6O2S. The number of benzene rings is 3. The Morgan fingerprint density at radius 2 is 1.95 bits per heavy atom. The number of hydrogen-bond acceptors (Lipinski definition) is 7. The minimum atomic E-state index is -0.254. The second-order valence-corrected chi connectivity index (χ2v) is 11.3. The van der Waals surface area contributed by atoms with Crippen LogP contribution >= 0.6 is 50.3 Å². The minimum absolute atomic E-state index is 0.137. The number of halogens is 2. The number of thioether (sulfide) groups is 1. The predicted octanol–water partition coefficient (Wildman–Crippen LogP) is 6.26. The van der Waals surface area contributed by atoms with E-state index in [0.717, 1.165) is 27.1 Å². The summed E-state index contributed by atoms with van der Waals surface area (Å²) in [5.41, 5.74) is 5.37. The van der Waals surface area contributed by atoms with Crippen molar-refractivity contribution in [3.8, 4) is 5.75 Å². The molecule has 0 aliphatic rings. The number of rotatable bonds is 13. The lowest BCUT2D eigenvalue weighted by atomic mass is 10.2. The highest BCUT2D eigenvalue weighted by Gasteiger charge is 2.13. The molecule has 200 valence electrons. The molecule has 11 heteroatoms. The van der Waals surface area contributed by atoms with E-state index in [1.54, 1.807) is 12.3 Å². The fourth-order valence-corrected chi connectivity index (χ4v) is 5.03. The van der Waals surface area contributed by atoms with Gasteiger partial charge < -0.3 is 14.6 Å². The van der Waals surface area contributed by atoms with Gasteiger partial charge in [0.05, 0.1) is 18.5 Å². The number of anilines is 1. The van der Waals surface area contributed by atoms with Crippen LogP contribution in [0.25, 0.3) is 0 Å². The van der Waals surface area contributed by atoms with Gasteiger partial charge in [-0.2, -0.15) is 5.10 Å². The van der Waals surface area contributed by atoms with Crippen LogP contribution in [-0.4, -0.2) is 32.6 Å². The van der Waals surface area contributed by atoms with E-state index >= 15 is 0 Å². The highest BCUT2D eigenvalue weighted by molar-refractivity contribution is 14.1. The largest absolute Gasteiger partial charge is 0.488 e. The summed E-state index contributed by atoms with van der Waals surface area (Å²) in [6.45, 7) is 5.29. The highest BCUT2D eigenvalue weighted by Crippen LogP contribution is 2.20. The fraction of sp³-hybridized carbons (Fsp3) is 0.143. The highest BCUT2D eigenvalue weighted by atomic mass is 127. The fourth-order valence-electron chi connectivity index (χ4n) is 3.46. The van der Waals surface area contributed by atoms with Crippen LogP contribution < -0.4 is 15.5 Å². The van der Waals surface area contributed by atoms with Crippen molar-refractivity contribution in [2.75, 3.05) is 11.1 Å². The number of carbonyl (C=O) groups is 1. The van der Waals surface area contributed by atoms with Gasteiger partial charge in [0.1, 0.15) is 12.4 Å². The monoisotopic (exact) mass is 716 g/mol. The van der Waals surface area contributed by atoms with Gasteiger partial charge in [-0.1, -0.05) is 58.0 Å². The zero-order valence-corrected chi connectivity index (χ0v) is 25.4. The number of hydrogen-bond donors (Lipinski definition) is 2. The first-order valence-electron chi connectivity index (χ1n) is 11.9. The van der Waals surface area contributed by atoms with Crippen LogP contribution in [0, 0.1) is 3.57 Å². The summed E-state index contributed by atoms with van der Waals surface area (Å²) in [7, 11) is 0. The summed E-state index contributed by atoms with van der Waals surface area (Å²) in [6.07, 6.45) is 3.36. The van der Waals surface area contributed by atoms with E-state index in [0.29, 0.717) is 30.6 Å². The van der Waals surface area contributed by atoms with Crippen LogP contribution in [0.15, 0.2) is 100 Å². The Morgan fingerprint density at radius 3 is 2.74 bits per heavy atom. The molecule has 3 aromatic carbocycles. The molecule has 0 fully saturated rings. The number of nitrogens with one attached hydrogen (secondary N) is 2. The topological polar surface area (TPSA) is 93.4 Å². The molecule has 4 rings (SSSR count). The second kappa shape index (κ2) is 14.8. The molecule has 1 amide bonds. The third kappa shape index (κ3) is 8.94. The van der Waals surface area contributed by atoms with Crippen LogP contribution in [0.2, 0.25) is 0 Å². The Kier molecular flexibility index (Phi) is 11.0. The summed E-state index contributed by atoms with van der Waals surface area (Å²) < 4.78 is 10.1. The van der Waals surface area contributed by atoms with E-state index < -0.39 is 0 Å². The van der Waals surface area contributed by atoms with Crippen LogP contribution in [0.3, 0.4) is 0 Å². The maximum atomic E-state index is 12.5. The Labute approximate surface area is 253 Å². The lowest BCUT2D eigenvalue weighted by Crippen LogP contribution is -2.20. The minimum Gasteiger partial charge on any atom is -0.488 e. The normalized spacial score (nSPS) is 10.9. The molecule has 8 nitrogen and oxygen atoms in total. The standard InChI is InChI=1S/C28H26BrIN6O2S/c1-2-14-36-26(17-31-24-12-10-23(30)11-13-24)33-35-28(36)39-19-27(37)34-32-16-21-7-3-4-9-25(21)38-18-20-6-5-8-22(29)15-20/h2-13,15-16,31H,1,14,17-19H2,(H,34,37). The first-order chi connectivity index (χ1) is 19.0. The lowest BCUT2D eigenvalue weighted by Gasteiger charge is -2.10. The molecule has 1 aromatic heterocycles. The average molecular weight is 717 g/mol. The molecule has 39 heavy (non-hydrogen) atoms. The van der Waals surface area contributed by atoms with Crippen molar-refractivity contribution < 1.29 is 9.53 Å². The Balaban J connectivity index is 1.29. The third-order valence-corrected chi connectivity index (χ3v) is 7.51. The molecule has 4 aromatic rings. The predicted molar refractivity (Wildman–Crippen MR) is 168 cm³/mol. The van der Waals surface area contributed by atoms with Crippen molar-refractivity contribution >= 4 is 68.1 Å². The zero-order valence-electron chi connectivity index (χ0n) is 20.9. The first-order valence-corrected chi connectivity index (χ1v) is 14.8.